The average molecular weight is 283 g/mol. The zero-order valence-electron chi connectivity index (χ0n) is 11.0. The first-order valence-electron chi connectivity index (χ1n) is 6.37. The van der Waals surface area contributed by atoms with Gasteiger partial charge < -0.3 is 10.2 Å². The minimum Gasteiger partial charge on any atom is -0.348 e. The van der Waals surface area contributed by atoms with Crippen molar-refractivity contribution in [2.24, 2.45) is 0 Å². The van der Waals surface area contributed by atoms with Gasteiger partial charge >= 0.3 is 0 Å². The second-order valence-electron chi connectivity index (χ2n) is 4.78. The van der Waals surface area contributed by atoms with Gasteiger partial charge in [-0.05, 0) is 19.4 Å². The van der Waals surface area contributed by atoms with E-state index in [1.165, 1.54) is 0 Å². The number of carbonyl (C=O) groups is 2. The van der Waals surface area contributed by atoms with Crippen molar-refractivity contribution < 1.29 is 18.4 Å². The summed E-state index contributed by atoms with van der Waals surface area (Å²) in [6.45, 7) is 2.73. The molecular formula is C13H15F2N3O2. The second kappa shape index (κ2) is 5.94. The van der Waals surface area contributed by atoms with Crippen LogP contribution in [0.15, 0.2) is 12.3 Å². The van der Waals surface area contributed by atoms with E-state index in [-0.39, 0.29) is 11.9 Å². The van der Waals surface area contributed by atoms with Gasteiger partial charge in [0.15, 0.2) is 5.82 Å². The quantitative estimate of drug-likeness (QED) is 0.842. The van der Waals surface area contributed by atoms with E-state index in [2.05, 4.69) is 10.3 Å². The highest BCUT2D eigenvalue weighted by atomic mass is 19.2. The Balaban J connectivity index is 1.97. The Morgan fingerprint density at radius 2 is 2.30 bits per heavy atom. The summed E-state index contributed by atoms with van der Waals surface area (Å²) in [6.07, 6.45) is 2.36. The molecule has 1 aromatic heterocycles. The first-order valence-corrected chi connectivity index (χ1v) is 6.37. The maximum Gasteiger partial charge on any atom is 0.254 e. The molecule has 5 nitrogen and oxygen atoms in total. The predicted molar refractivity (Wildman–Crippen MR) is 66.9 cm³/mol. The molecule has 1 aliphatic rings. The third kappa shape index (κ3) is 3.09. The molecular weight excluding hydrogens is 268 g/mol. The number of nitrogens with zero attached hydrogens (tertiary/aromatic N) is 2. The Kier molecular flexibility index (Phi) is 4.26. The molecule has 1 saturated heterocycles. The molecule has 0 aromatic carbocycles. The van der Waals surface area contributed by atoms with Crippen LogP contribution in [0, 0.1) is 11.8 Å². The van der Waals surface area contributed by atoms with Gasteiger partial charge in [0.05, 0.1) is 5.56 Å². The second-order valence-corrected chi connectivity index (χ2v) is 4.78. The predicted octanol–water partition coefficient (Wildman–Crippen LogP) is 1.10. The van der Waals surface area contributed by atoms with Crippen LogP contribution in [0.3, 0.4) is 0 Å². The zero-order valence-corrected chi connectivity index (χ0v) is 11.0. The van der Waals surface area contributed by atoms with Gasteiger partial charge in [-0.3, -0.25) is 9.59 Å². The molecule has 0 saturated carbocycles. The molecule has 0 bridgehead atoms. The number of halogens is 2. The summed E-state index contributed by atoms with van der Waals surface area (Å²) >= 11 is 0. The van der Waals surface area contributed by atoms with Crippen LogP contribution < -0.4 is 5.32 Å². The van der Waals surface area contributed by atoms with Gasteiger partial charge in [-0.25, -0.2) is 9.37 Å². The van der Waals surface area contributed by atoms with E-state index in [0.29, 0.717) is 19.5 Å². The molecule has 1 aliphatic heterocycles. The van der Waals surface area contributed by atoms with Crippen molar-refractivity contribution in [2.75, 3.05) is 13.1 Å². The Hall–Kier alpha value is -2.05. The molecule has 108 valence electrons. The summed E-state index contributed by atoms with van der Waals surface area (Å²) < 4.78 is 26.3. The minimum atomic E-state index is -1.31. The van der Waals surface area contributed by atoms with E-state index in [1.54, 1.807) is 11.8 Å². The molecule has 2 rings (SSSR count). The number of amides is 2. The van der Waals surface area contributed by atoms with Crippen LogP contribution in [0.5, 0.6) is 0 Å². The number of nitrogens with one attached hydrogen (secondary N) is 1. The van der Waals surface area contributed by atoms with Gasteiger partial charge in [0.25, 0.3) is 5.91 Å². The first kappa shape index (κ1) is 14.4. The van der Waals surface area contributed by atoms with Crippen molar-refractivity contribution in [1.82, 2.24) is 15.2 Å². The standard InChI is InChI=1S/C13H15F2N3O2/c1-8(7-18-6-2-3-10(18)19)17-13(20)9-4-5-16-12(15)11(9)14/h4-5,8H,2-3,6-7H2,1H3,(H,17,20). The lowest BCUT2D eigenvalue weighted by atomic mass is 10.2. The van der Waals surface area contributed by atoms with E-state index < -0.39 is 23.2 Å². The molecule has 0 radical (unpaired) electrons. The van der Waals surface area contributed by atoms with Gasteiger partial charge in [-0.1, -0.05) is 0 Å². The van der Waals surface area contributed by atoms with Crippen LogP contribution in [-0.2, 0) is 4.79 Å². The molecule has 2 heterocycles. The number of likely N-dealkylation sites (tertiary alicyclic amines) is 1. The molecule has 1 fully saturated rings. The number of hydrogen-bond acceptors (Lipinski definition) is 3. The third-order valence-electron chi connectivity index (χ3n) is 3.13. The van der Waals surface area contributed by atoms with Crippen molar-refractivity contribution in [2.45, 2.75) is 25.8 Å². The number of pyridine rings is 1. The average Bonchev–Trinajstić information content (AvgIpc) is 2.78. The van der Waals surface area contributed by atoms with E-state index in [1.807, 2.05) is 0 Å². The smallest absolute Gasteiger partial charge is 0.254 e. The molecule has 1 N–H and O–H groups in total. The number of carbonyl (C=O) groups excluding carboxylic acids is 2. The Bertz CT molecular complexity index is 536. The van der Waals surface area contributed by atoms with E-state index in [0.717, 1.165) is 18.7 Å². The highest BCUT2D eigenvalue weighted by Gasteiger charge is 2.23. The molecule has 1 unspecified atom stereocenters. The fourth-order valence-electron chi connectivity index (χ4n) is 2.17. The topological polar surface area (TPSA) is 62.3 Å². The molecule has 1 aromatic rings. The molecule has 0 aliphatic carbocycles. The van der Waals surface area contributed by atoms with Crippen LogP contribution in [-0.4, -0.2) is 40.8 Å². The number of hydrogen-bond donors (Lipinski definition) is 1. The van der Waals surface area contributed by atoms with Gasteiger partial charge in [0.1, 0.15) is 0 Å². The lowest BCUT2D eigenvalue weighted by Crippen LogP contribution is -2.42. The molecule has 7 heteroatoms. The van der Waals surface area contributed by atoms with Gasteiger partial charge in [-0.15, -0.1) is 0 Å². The maximum atomic E-state index is 13.4. The SMILES string of the molecule is CC(CN1CCCC1=O)NC(=O)c1ccnc(F)c1F. The van der Waals surface area contributed by atoms with Crippen molar-refractivity contribution in [1.29, 1.82) is 0 Å². The monoisotopic (exact) mass is 283 g/mol. The largest absolute Gasteiger partial charge is 0.348 e. The first-order chi connectivity index (χ1) is 9.49. The van der Waals surface area contributed by atoms with Crippen LogP contribution in [0.1, 0.15) is 30.1 Å². The summed E-state index contributed by atoms with van der Waals surface area (Å²) in [5, 5.41) is 2.54. The van der Waals surface area contributed by atoms with Crippen molar-refractivity contribution >= 4 is 11.8 Å². The summed E-state index contributed by atoms with van der Waals surface area (Å²) in [4.78, 5) is 28.1. The molecule has 1 atom stereocenters. The van der Waals surface area contributed by atoms with Gasteiger partial charge in [0, 0.05) is 31.7 Å². The third-order valence-corrected chi connectivity index (χ3v) is 3.13. The fraction of sp³-hybridized carbons (Fsp3) is 0.462. The Morgan fingerprint density at radius 3 is 2.95 bits per heavy atom. The van der Waals surface area contributed by atoms with Gasteiger partial charge in [-0.2, -0.15) is 4.39 Å². The minimum absolute atomic E-state index is 0.0484. The highest BCUT2D eigenvalue weighted by molar-refractivity contribution is 5.94. The normalized spacial score (nSPS) is 16.4. The van der Waals surface area contributed by atoms with Crippen molar-refractivity contribution in [3.05, 3.63) is 29.6 Å². The van der Waals surface area contributed by atoms with E-state index in [9.17, 15) is 18.4 Å². The Morgan fingerprint density at radius 1 is 1.55 bits per heavy atom. The maximum absolute atomic E-state index is 13.4. The lowest BCUT2D eigenvalue weighted by molar-refractivity contribution is -0.127. The van der Waals surface area contributed by atoms with E-state index >= 15 is 0 Å². The fourth-order valence-corrected chi connectivity index (χ4v) is 2.17. The van der Waals surface area contributed by atoms with E-state index in [4.69, 9.17) is 0 Å². The lowest BCUT2D eigenvalue weighted by Gasteiger charge is -2.21. The zero-order chi connectivity index (χ0) is 14.7. The molecule has 0 spiro atoms. The summed E-state index contributed by atoms with van der Waals surface area (Å²) in [6, 6.07) is 0.766. The number of rotatable bonds is 4. The summed E-state index contributed by atoms with van der Waals surface area (Å²) in [5.41, 5.74) is -0.392. The van der Waals surface area contributed by atoms with Gasteiger partial charge in [0.2, 0.25) is 11.9 Å². The molecule has 20 heavy (non-hydrogen) atoms. The van der Waals surface area contributed by atoms with Crippen LogP contribution in [0.2, 0.25) is 0 Å². The van der Waals surface area contributed by atoms with Crippen molar-refractivity contribution in [3.8, 4) is 0 Å². The van der Waals surface area contributed by atoms with Crippen LogP contribution in [0.25, 0.3) is 0 Å². The van der Waals surface area contributed by atoms with Crippen LogP contribution >= 0.6 is 0 Å². The highest BCUT2D eigenvalue weighted by Crippen LogP contribution is 2.11. The van der Waals surface area contributed by atoms with Crippen LogP contribution in [0.4, 0.5) is 8.78 Å². The van der Waals surface area contributed by atoms with Crippen molar-refractivity contribution in [3.63, 3.8) is 0 Å². The summed E-state index contributed by atoms with van der Waals surface area (Å²) in [7, 11) is 0. The Labute approximate surface area is 115 Å². The number of aromatic nitrogens is 1. The summed E-state index contributed by atoms with van der Waals surface area (Å²) in [5.74, 6) is -3.25. The molecule has 2 amide bonds.